The monoisotopic (exact) mass is 1530 g/mol. The van der Waals surface area contributed by atoms with Crippen molar-refractivity contribution < 1.29 is 82.1 Å². The van der Waals surface area contributed by atoms with E-state index in [1.165, 1.54) is 19.1 Å². The van der Waals surface area contributed by atoms with E-state index >= 15 is 0 Å². The van der Waals surface area contributed by atoms with Gasteiger partial charge in [0.1, 0.15) is 48.9 Å². The number of esters is 1. The molecule has 0 spiro atoms. The van der Waals surface area contributed by atoms with Crippen molar-refractivity contribution in [2.45, 2.75) is 170 Å². The van der Waals surface area contributed by atoms with Crippen molar-refractivity contribution in [3.05, 3.63) is 108 Å². The molecule has 20 N–H and O–H groups in total. The maximum absolute atomic E-state index is 14.9. The van der Waals surface area contributed by atoms with Crippen molar-refractivity contribution in [2.24, 2.45) is 39.8 Å². The molecule has 0 bridgehead atoms. The number of benzene rings is 3. The number of hydrogen-bond acceptors (Lipinski definition) is 20. The number of aromatic nitrogens is 1. The second-order valence-electron chi connectivity index (χ2n) is 26.8. The number of ether oxygens (including phenoxy) is 1. The summed E-state index contributed by atoms with van der Waals surface area (Å²) in [6.07, 6.45) is -0.671. The number of carbonyl (C=O) groups is 14. The lowest BCUT2D eigenvalue weighted by atomic mass is 9.92. The lowest BCUT2D eigenvalue weighted by molar-refractivity contribution is -0.146. The summed E-state index contributed by atoms with van der Waals surface area (Å²) in [6.45, 7) is -0.0320. The van der Waals surface area contributed by atoms with Gasteiger partial charge >= 0.3 is 11.9 Å². The minimum absolute atomic E-state index is 0.00156. The van der Waals surface area contributed by atoms with Crippen LogP contribution in [0, 0.1) is 17.2 Å². The molecular weight excluding hydrogens is 1440 g/mol. The molecule has 108 heavy (non-hydrogen) atoms. The number of amides is 10. The first kappa shape index (κ1) is 84.6. The predicted molar refractivity (Wildman–Crippen MR) is 403 cm³/mol. The summed E-state index contributed by atoms with van der Waals surface area (Å²) < 4.78 is 5.72. The first-order valence-electron chi connectivity index (χ1n) is 35.6. The number of amidine groups is 1. The number of aliphatic hydroxyl groups is 1. The highest BCUT2D eigenvalue weighted by molar-refractivity contribution is 7.80. The number of thiol groups is 2. The third kappa shape index (κ3) is 24.7. The number of aliphatic imine (C=N–C) groups is 1. The van der Waals surface area contributed by atoms with Crippen molar-refractivity contribution in [1.82, 2.24) is 52.4 Å². The van der Waals surface area contributed by atoms with Crippen LogP contribution in [0.2, 0.25) is 0 Å². The number of unbranched alkanes of at least 4 members (excludes halogenated alkanes) is 1. The number of primary amides is 1. The van der Waals surface area contributed by atoms with Crippen molar-refractivity contribution in [3.63, 3.8) is 0 Å². The molecule has 1 fully saturated rings. The molecule has 3 aliphatic rings. The smallest absolute Gasteiger partial charge is 0.306 e. The largest absolute Gasteiger partial charge is 0.481 e. The van der Waals surface area contributed by atoms with E-state index in [0.29, 0.717) is 17.6 Å². The van der Waals surface area contributed by atoms with Crippen molar-refractivity contribution in [3.8, 4) is 11.1 Å². The molecule has 7 rings (SSSR count). The molecular formula is C73H96N16O17S2. The molecule has 2 aliphatic heterocycles. The van der Waals surface area contributed by atoms with Gasteiger partial charge in [-0.15, -0.1) is 0 Å². The minimum atomic E-state index is -1.90. The Hall–Kier alpha value is -10.7. The Morgan fingerprint density at radius 3 is 2.04 bits per heavy atom. The number of aliphatic carboxylic acids is 1. The minimum Gasteiger partial charge on any atom is -0.481 e. The third-order valence-electron chi connectivity index (χ3n) is 18.8. The van der Waals surface area contributed by atoms with Gasteiger partial charge in [-0.3, -0.25) is 77.5 Å². The fraction of sp³-hybridized carbons (Fsp3) is 0.479. The van der Waals surface area contributed by atoms with Gasteiger partial charge in [0, 0.05) is 67.4 Å². The number of rotatable bonds is 32. The molecule has 11 atom stereocenters. The standard InChI is InChI=1S/C73H96N16O17S2/c1-39(58(91)32-41(31-43-30-40-14-2-7-19-49(40)81-43)65(98)83-52(22-10-11-25-60(74)75)69(102)88-56(38-108)64(76)97)80-67(100)51-21-9-8-20-50(82-61(93)26-27-63(96)106-36-48-46-17-5-3-15-44(46)45-16-4-6-18-47(45)48)59(92)33-42(37-107)66(99)87-55(35-90)70(103)86-54(34-62(94)95)72(105)89-29-13-24-57(89)71(104)85-53(68(101)84-51)23-12-28-79-73(77)78/h2-9,14-19,30,39,41-42,48,50-57,81,90,107-108H,10-13,20-29,31-38H2,1H3,(H3,74,75)(H2,76,97)(H,80,100)(H,82,93)(H,83,98)(H,84,101)(H,85,104)(H,86,103)(H,87,99)(H,88,102)(H,94,95)(H4,77,78,79)/t39-,41+,42-,50-,51-,52-,53-,54-,55-,56-,57?/m0/s1. The Labute approximate surface area is 633 Å². The molecule has 35 heteroatoms. The van der Waals surface area contributed by atoms with E-state index in [4.69, 9.17) is 33.1 Å². The van der Waals surface area contributed by atoms with Crippen molar-refractivity contribution >= 4 is 131 Å². The highest BCUT2D eigenvalue weighted by Crippen LogP contribution is 2.44. The van der Waals surface area contributed by atoms with Gasteiger partial charge in [-0.1, -0.05) is 85.3 Å². The number of guanidine groups is 1. The van der Waals surface area contributed by atoms with Crippen LogP contribution in [0.1, 0.15) is 126 Å². The van der Waals surface area contributed by atoms with Gasteiger partial charge < -0.3 is 90.3 Å². The Kier molecular flexibility index (Phi) is 32.5. The van der Waals surface area contributed by atoms with E-state index < -0.39 is 194 Å². The molecule has 1 saturated heterocycles. The maximum Gasteiger partial charge on any atom is 0.306 e. The number of Topliss-reactive ketones (excluding diaryl/α,β-unsaturated/α-hetero) is 2. The van der Waals surface area contributed by atoms with Gasteiger partial charge in [-0.05, 0) is 104 Å². The van der Waals surface area contributed by atoms with Crippen LogP contribution in [0.3, 0.4) is 0 Å². The fourth-order valence-electron chi connectivity index (χ4n) is 13.0. The summed E-state index contributed by atoms with van der Waals surface area (Å²) >= 11 is 8.44. The average Bonchev–Trinajstić information content (AvgIpc) is 1.62. The number of para-hydroxylation sites is 1. The zero-order chi connectivity index (χ0) is 78.7. The number of carbonyl (C=O) groups excluding carboxylic acids is 13. The van der Waals surface area contributed by atoms with Crippen LogP contribution < -0.4 is 65.5 Å². The molecule has 1 aliphatic carbocycles. The van der Waals surface area contributed by atoms with E-state index in [9.17, 15) is 77.3 Å². The number of ketones is 2. The number of nitrogens with one attached hydrogen (secondary N) is 10. The van der Waals surface area contributed by atoms with Gasteiger partial charge in [0.05, 0.1) is 49.2 Å². The second kappa shape index (κ2) is 41.4. The van der Waals surface area contributed by atoms with Crippen LogP contribution in [-0.4, -0.2) is 207 Å². The van der Waals surface area contributed by atoms with Gasteiger partial charge in [0.2, 0.25) is 59.1 Å². The highest BCUT2D eigenvalue weighted by atomic mass is 32.1. The van der Waals surface area contributed by atoms with Crippen LogP contribution in [0.4, 0.5) is 0 Å². The number of carboxylic acids is 1. The van der Waals surface area contributed by atoms with E-state index in [0.717, 1.165) is 32.5 Å². The number of fused-ring (bicyclic) bond motifs is 5. The molecule has 3 heterocycles. The number of aliphatic hydroxyl groups excluding tert-OH is 1. The first-order chi connectivity index (χ1) is 51.6. The Bertz CT molecular complexity index is 3960. The number of carboxylic acid groups (broad SMARTS) is 1. The maximum atomic E-state index is 14.9. The summed E-state index contributed by atoms with van der Waals surface area (Å²) in [4.78, 5) is 204. The Balaban J connectivity index is 1.20. The third-order valence-corrected chi connectivity index (χ3v) is 19.6. The molecule has 0 saturated carbocycles. The molecule has 10 amide bonds. The first-order valence-corrected chi connectivity index (χ1v) is 36.9. The summed E-state index contributed by atoms with van der Waals surface area (Å²) in [7, 11) is 0. The molecule has 33 nitrogen and oxygen atoms in total. The van der Waals surface area contributed by atoms with Crippen molar-refractivity contribution in [1.29, 1.82) is 5.41 Å². The van der Waals surface area contributed by atoms with Gasteiger partial charge in [-0.2, -0.15) is 25.3 Å². The molecule has 582 valence electrons. The number of hydrogen-bond donors (Lipinski definition) is 18. The lowest BCUT2D eigenvalue weighted by Crippen LogP contribution is -2.59. The zero-order valence-electron chi connectivity index (χ0n) is 59.8. The van der Waals surface area contributed by atoms with Crippen LogP contribution in [0.5, 0.6) is 0 Å². The van der Waals surface area contributed by atoms with E-state index in [2.05, 4.69) is 77.8 Å². The lowest BCUT2D eigenvalue weighted by Gasteiger charge is -2.30. The second-order valence-corrected chi connectivity index (χ2v) is 27.6. The average molecular weight is 1530 g/mol. The summed E-state index contributed by atoms with van der Waals surface area (Å²) in [5.41, 5.74) is 27.4. The number of nitrogens with zero attached hydrogens (tertiary/aromatic N) is 2. The molecule has 0 radical (unpaired) electrons. The van der Waals surface area contributed by atoms with E-state index in [1.807, 2.05) is 54.6 Å². The quantitative estimate of drug-likeness (QED) is 0.00738. The van der Waals surface area contributed by atoms with Crippen LogP contribution in [0.15, 0.2) is 96.0 Å². The summed E-state index contributed by atoms with van der Waals surface area (Å²) in [5.74, 6) is -17.2. The number of aromatic amines is 1. The number of nitrogens with two attached hydrogens (primary N) is 4. The van der Waals surface area contributed by atoms with Gasteiger partial charge in [0.15, 0.2) is 17.5 Å². The molecule has 3 aromatic carbocycles. The summed E-state index contributed by atoms with van der Waals surface area (Å²) in [5, 5.41) is 49.2. The van der Waals surface area contributed by atoms with E-state index in [-0.39, 0.29) is 107 Å². The van der Waals surface area contributed by atoms with Crippen LogP contribution in [-0.2, 0) is 78.3 Å². The van der Waals surface area contributed by atoms with Crippen molar-refractivity contribution in [2.75, 3.05) is 37.8 Å². The zero-order valence-corrected chi connectivity index (χ0v) is 61.6. The van der Waals surface area contributed by atoms with Crippen LogP contribution in [0.25, 0.3) is 22.0 Å². The van der Waals surface area contributed by atoms with Gasteiger partial charge in [-0.25, -0.2) is 0 Å². The molecule has 1 aromatic heterocycles. The molecule has 1 unspecified atom stereocenters. The van der Waals surface area contributed by atoms with Crippen LogP contribution >= 0.6 is 25.3 Å². The Morgan fingerprint density at radius 2 is 1.39 bits per heavy atom. The highest BCUT2D eigenvalue weighted by Gasteiger charge is 2.42. The van der Waals surface area contributed by atoms with Gasteiger partial charge in [0.25, 0.3) is 0 Å². The number of H-pyrrole nitrogens is 1. The fourth-order valence-corrected chi connectivity index (χ4v) is 13.6. The van der Waals surface area contributed by atoms with E-state index in [1.54, 1.807) is 24.3 Å². The topological polar surface area (TPSA) is 544 Å². The normalized spacial score (nSPS) is 20.6. The SMILES string of the molecule is C[C@H](NC(=O)[C@@H]1CC=CC[C@H](NC(=O)CCC(=O)OCC2c3ccccc3-c3ccccc32)C(=O)C[C@@H](CS)C(=O)N[C@@H](CO)C(=O)N[C@@H](CC(=O)O)C(=O)N2CCCC2C(=O)N[C@@H](CCCN=C(N)N)C(=O)N1)C(=O)C[C@@H](Cc1cc2ccccc2[nH]1)C(=O)N[C@@H](CCCCC(=N)N)C(=O)N[C@@H](CS)C(N)=O. The molecule has 4 aromatic rings. The predicted octanol–water partition coefficient (Wildman–Crippen LogP) is -0.402. The Morgan fingerprint density at radius 1 is 0.741 bits per heavy atom. The summed E-state index contributed by atoms with van der Waals surface area (Å²) in [6, 6.07) is 10.5.